The molecule has 0 atom stereocenters. The normalized spacial score (nSPS) is 20.4. The fraction of sp³-hybridized carbons (Fsp3) is 0.565. The van der Waals surface area contributed by atoms with Gasteiger partial charge in [-0.1, -0.05) is 6.42 Å². The topological polar surface area (TPSA) is 65.5 Å². The van der Waals surface area contributed by atoms with Crippen LogP contribution in [-0.2, 0) is 12.8 Å². The van der Waals surface area contributed by atoms with Crippen molar-refractivity contribution in [3.8, 4) is 0 Å². The van der Waals surface area contributed by atoms with E-state index < -0.39 is 0 Å². The summed E-state index contributed by atoms with van der Waals surface area (Å²) in [5, 5.41) is 0. The number of amides is 1. The average molecular weight is 407 g/mol. The minimum atomic E-state index is 0.0636. The predicted octanol–water partition coefficient (Wildman–Crippen LogP) is 2.10. The molecule has 2 aromatic rings. The largest absolute Gasteiger partial charge is 0.338 e. The van der Waals surface area contributed by atoms with Crippen molar-refractivity contribution in [2.45, 2.75) is 45.1 Å². The van der Waals surface area contributed by atoms with Crippen LogP contribution in [0.3, 0.4) is 0 Å². The van der Waals surface area contributed by atoms with Crippen molar-refractivity contribution in [1.82, 2.24) is 24.8 Å². The second kappa shape index (κ2) is 8.30. The van der Waals surface area contributed by atoms with Gasteiger partial charge in [-0.05, 0) is 43.9 Å². The van der Waals surface area contributed by atoms with Crippen LogP contribution in [0.5, 0.6) is 0 Å². The molecule has 0 aromatic carbocycles. The Morgan fingerprint density at radius 1 is 1.03 bits per heavy atom. The van der Waals surface area contributed by atoms with E-state index in [1.165, 1.54) is 24.8 Å². The highest BCUT2D eigenvalue weighted by Crippen LogP contribution is 2.26. The molecule has 7 heteroatoms. The minimum Gasteiger partial charge on any atom is -0.338 e. The molecule has 158 valence electrons. The summed E-state index contributed by atoms with van der Waals surface area (Å²) in [4.78, 5) is 33.8. The van der Waals surface area contributed by atoms with Gasteiger partial charge in [0.25, 0.3) is 5.91 Å². The number of nitrogens with zero attached hydrogens (tertiary/aromatic N) is 6. The van der Waals surface area contributed by atoms with E-state index in [0.717, 1.165) is 62.4 Å². The Morgan fingerprint density at radius 3 is 2.57 bits per heavy atom. The quantitative estimate of drug-likeness (QED) is 0.778. The average Bonchev–Trinajstić information content (AvgIpc) is 2.95. The van der Waals surface area contributed by atoms with Crippen molar-refractivity contribution in [2.75, 3.05) is 44.2 Å². The number of aryl methyl sites for hydroxylation is 1. The van der Waals surface area contributed by atoms with Gasteiger partial charge in [-0.3, -0.25) is 14.7 Å². The van der Waals surface area contributed by atoms with Gasteiger partial charge in [-0.25, -0.2) is 9.97 Å². The van der Waals surface area contributed by atoms with Crippen LogP contribution in [0.2, 0.25) is 0 Å². The number of fused-ring (bicyclic) bond motifs is 1. The third-order valence-electron chi connectivity index (χ3n) is 6.92. The van der Waals surface area contributed by atoms with Crippen LogP contribution in [0, 0.1) is 6.92 Å². The van der Waals surface area contributed by atoms with Crippen LogP contribution < -0.4 is 4.90 Å². The highest BCUT2D eigenvalue weighted by atomic mass is 16.2. The first kappa shape index (κ1) is 19.4. The van der Waals surface area contributed by atoms with Gasteiger partial charge >= 0.3 is 0 Å². The molecule has 2 aliphatic heterocycles. The Hall–Kier alpha value is -2.54. The number of pyridine rings is 1. The number of piperazine rings is 1. The Labute approximate surface area is 178 Å². The molecule has 0 spiro atoms. The van der Waals surface area contributed by atoms with E-state index in [4.69, 9.17) is 4.98 Å². The summed E-state index contributed by atoms with van der Waals surface area (Å²) in [6.07, 6.45) is 9.41. The Balaban J connectivity index is 1.25. The van der Waals surface area contributed by atoms with Crippen molar-refractivity contribution in [2.24, 2.45) is 0 Å². The van der Waals surface area contributed by atoms with Crippen molar-refractivity contribution >= 4 is 11.9 Å². The summed E-state index contributed by atoms with van der Waals surface area (Å²) in [5.74, 6) is 0.915. The van der Waals surface area contributed by atoms with E-state index in [1.54, 1.807) is 6.20 Å². The standard InChI is InChI=1S/C23H30N6O/c1-17-20(6-3-9-24-17)22(30)28-10-7-18-16-25-23(26-21(18)8-11-28)29-14-12-27(13-15-29)19-4-2-5-19/h3,6,9,16,19H,2,4-5,7-8,10-15H2,1H3. The van der Waals surface area contributed by atoms with E-state index in [-0.39, 0.29) is 5.91 Å². The number of carbonyl (C=O) groups excluding carboxylic acids is 1. The van der Waals surface area contributed by atoms with Crippen LogP contribution in [-0.4, -0.2) is 76.0 Å². The summed E-state index contributed by atoms with van der Waals surface area (Å²) >= 11 is 0. The molecule has 2 fully saturated rings. The van der Waals surface area contributed by atoms with Gasteiger partial charge in [-0.2, -0.15) is 0 Å². The van der Waals surface area contributed by atoms with Crippen LogP contribution in [0.15, 0.2) is 24.5 Å². The molecule has 0 N–H and O–H groups in total. The summed E-state index contributed by atoms with van der Waals surface area (Å²) in [7, 11) is 0. The van der Waals surface area contributed by atoms with Gasteiger partial charge in [0.15, 0.2) is 0 Å². The van der Waals surface area contributed by atoms with Gasteiger partial charge in [-0.15, -0.1) is 0 Å². The third kappa shape index (κ3) is 3.78. The maximum absolute atomic E-state index is 13.0. The van der Waals surface area contributed by atoms with Gasteiger partial charge in [0, 0.05) is 69.8 Å². The monoisotopic (exact) mass is 406 g/mol. The molecular formula is C23H30N6O. The summed E-state index contributed by atoms with van der Waals surface area (Å²) in [6, 6.07) is 4.51. The maximum Gasteiger partial charge on any atom is 0.255 e. The van der Waals surface area contributed by atoms with Gasteiger partial charge in [0.05, 0.1) is 11.3 Å². The van der Waals surface area contributed by atoms with E-state index in [0.29, 0.717) is 18.7 Å². The summed E-state index contributed by atoms with van der Waals surface area (Å²) < 4.78 is 0. The highest BCUT2D eigenvalue weighted by molar-refractivity contribution is 5.95. The van der Waals surface area contributed by atoms with Crippen LogP contribution in [0.25, 0.3) is 0 Å². The fourth-order valence-electron chi connectivity index (χ4n) is 4.74. The molecule has 30 heavy (non-hydrogen) atoms. The second-order valence-corrected chi connectivity index (χ2v) is 8.68. The number of carbonyl (C=O) groups is 1. The molecule has 7 nitrogen and oxygen atoms in total. The number of hydrogen-bond acceptors (Lipinski definition) is 6. The molecule has 1 saturated carbocycles. The predicted molar refractivity (Wildman–Crippen MR) is 116 cm³/mol. The molecule has 1 aliphatic carbocycles. The molecule has 0 radical (unpaired) electrons. The van der Waals surface area contributed by atoms with Crippen LogP contribution >= 0.6 is 0 Å². The van der Waals surface area contributed by atoms with Gasteiger partial charge < -0.3 is 9.80 Å². The molecule has 3 aliphatic rings. The zero-order chi connectivity index (χ0) is 20.5. The SMILES string of the molecule is Cc1ncccc1C(=O)N1CCc2cnc(N3CCN(C4CCC4)CC3)nc2CC1. The number of anilines is 1. The van der Waals surface area contributed by atoms with Gasteiger partial charge in [0.1, 0.15) is 0 Å². The van der Waals surface area contributed by atoms with E-state index in [9.17, 15) is 4.79 Å². The first-order valence-electron chi connectivity index (χ1n) is 11.2. The molecule has 0 bridgehead atoms. The zero-order valence-electron chi connectivity index (χ0n) is 17.8. The molecular weight excluding hydrogens is 376 g/mol. The number of hydrogen-bond donors (Lipinski definition) is 0. The lowest BCUT2D eigenvalue weighted by molar-refractivity contribution is 0.0761. The van der Waals surface area contributed by atoms with Crippen LogP contribution in [0.4, 0.5) is 5.95 Å². The summed E-state index contributed by atoms with van der Waals surface area (Å²) in [6.45, 7) is 7.49. The molecule has 2 aromatic heterocycles. The third-order valence-corrected chi connectivity index (χ3v) is 6.92. The lowest BCUT2D eigenvalue weighted by Gasteiger charge is -2.43. The van der Waals surface area contributed by atoms with Crippen molar-refractivity contribution in [3.63, 3.8) is 0 Å². The first-order chi connectivity index (χ1) is 14.7. The highest BCUT2D eigenvalue weighted by Gasteiger charge is 2.29. The van der Waals surface area contributed by atoms with E-state index in [2.05, 4.69) is 19.8 Å². The first-order valence-corrected chi connectivity index (χ1v) is 11.2. The van der Waals surface area contributed by atoms with Crippen molar-refractivity contribution in [3.05, 3.63) is 47.0 Å². The molecule has 1 saturated heterocycles. The zero-order valence-corrected chi connectivity index (χ0v) is 17.8. The number of rotatable bonds is 3. The smallest absolute Gasteiger partial charge is 0.255 e. The molecule has 5 rings (SSSR count). The lowest BCUT2D eigenvalue weighted by atomic mass is 9.91. The van der Waals surface area contributed by atoms with Crippen molar-refractivity contribution < 1.29 is 4.79 Å². The number of aromatic nitrogens is 3. The Bertz CT molecular complexity index is 920. The minimum absolute atomic E-state index is 0.0636. The van der Waals surface area contributed by atoms with E-state index in [1.807, 2.05) is 30.2 Å². The fourth-order valence-corrected chi connectivity index (χ4v) is 4.74. The molecule has 4 heterocycles. The summed E-state index contributed by atoms with van der Waals surface area (Å²) in [5.41, 5.74) is 3.75. The Kier molecular flexibility index (Phi) is 5.37. The second-order valence-electron chi connectivity index (χ2n) is 8.68. The lowest BCUT2D eigenvalue weighted by Crippen LogP contribution is -2.52. The van der Waals surface area contributed by atoms with Crippen LogP contribution in [0.1, 0.15) is 46.6 Å². The van der Waals surface area contributed by atoms with E-state index >= 15 is 0 Å². The molecule has 1 amide bonds. The van der Waals surface area contributed by atoms with Gasteiger partial charge in [0.2, 0.25) is 5.95 Å². The Morgan fingerprint density at radius 2 is 1.83 bits per heavy atom. The maximum atomic E-state index is 13.0. The van der Waals surface area contributed by atoms with Crippen molar-refractivity contribution in [1.29, 1.82) is 0 Å². The molecule has 0 unspecified atom stereocenters.